The van der Waals surface area contributed by atoms with Crippen LogP contribution in [0.1, 0.15) is 16.1 Å². The van der Waals surface area contributed by atoms with Crippen molar-refractivity contribution in [3.8, 4) is 0 Å². The van der Waals surface area contributed by atoms with Crippen molar-refractivity contribution in [3.05, 3.63) is 80.3 Å². The monoisotopic (exact) mass is 396 g/mol. The molecule has 0 amide bonds. The average molecular weight is 396 g/mol. The van der Waals surface area contributed by atoms with Crippen LogP contribution in [-0.4, -0.2) is 20.3 Å². The van der Waals surface area contributed by atoms with Gasteiger partial charge in [0.1, 0.15) is 12.3 Å². The molecule has 140 valence electrons. The van der Waals surface area contributed by atoms with Gasteiger partial charge in [-0.3, -0.25) is 19.3 Å². The number of nitrogens with two attached hydrogens (primary N) is 1. The summed E-state index contributed by atoms with van der Waals surface area (Å²) in [6.45, 7) is -0.239. The number of ether oxygens (including phenoxy) is 1. The quantitative estimate of drug-likeness (QED) is 0.243. The van der Waals surface area contributed by atoms with E-state index < -0.39 is 10.9 Å². The van der Waals surface area contributed by atoms with E-state index in [0.717, 1.165) is 16.3 Å². The number of carbonyl (C=O) groups is 1. The average Bonchev–Trinajstić information content (AvgIpc) is 3.05. The molecule has 2 aromatic heterocycles. The number of aromatic nitrogens is 2. The first-order chi connectivity index (χ1) is 13.4. The number of anilines is 1. The highest BCUT2D eigenvalue weighted by Crippen LogP contribution is 2.24. The number of nitrogens with zero attached hydrogens (tertiary/aromatic N) is 3. The first-order valence-corrected chi connectivity index (χ1v) is 8.87. The smallest absolute Gasteiger partial charge is 0.338 e. The van der Waals surface area contributed by atoms with E-state index in [1.54, 1.807) is 0 Å². The zero-order valence-electron chi connectivity index (χ0n) is 14.2. The summed E-state index contributed by atoms with van der Waals surface area (Å²) in [5.41, 5.74) is 5.84. The predicted octanol–water partition coefficient (Wildman–Crippen LogP) is 2.76. The maximum absolute atomic E-state index is 12.4. The minimum absolute atomic E-state index is 0.0134. The fourth-order valence-corrected chi connectivity index (χ4v) is 3.80. The Kier molecular flexibility index (Phi) is 4.24. The number of rotatable bonds is 4. The van der Waals surface area contributed by atoms with Crippen LogP contribution in [0.3, 0.4) is 0 Å². The molecule has 2 N–H and O–H groups in total. The van der Waals surface area contributed by atoms with Crippen LogP contribution >= 0.6 is 11.3 Å². The molecule has 0 saturated heterocycles. The molecule has 0 radical (unpaired) electrons. The number of nitro groups is 1. The molecule has 0 saturated carbocycles. The first kappa shape index (κ1) is 17.6. The topological polar surface area (TPSA) is 130 Å². The van der Waals surface area contributed by atoms with Gasteiger partial charge in [0.2, 0.25) is 0 Å². The lowest BCUT2D eigenvalue weighted by Crippen LogP contribution is -2.15. The Hall–Kier alpha value is -3.79. The molecule has 9 nitrogen and oxygen atoms in total. The van der Waals surface area contributed by atoms with Gasteiger partial charge in [-0.15, -0.1) is 0 Å². The zero-order chi connectivity index (χ0) is 19.8. The summed E-state index contributed by atoms with van der Waals surface area (Å²) in [5, 5.41) is 10.9. The number of hydrogen-bond acceptors (Lipinski definition) is 8. The lowest BCUT2D eigenvalue weighted by atomic mass is 10.2. The molecule has 0 unspecified atom stereocenters. The summed E-state index contributed by atoms with van der Waals surface area (Å²) in [5.74, 6) is -0.776. The van der Waals surface area contributed by atoms with E-state index in [2.05, 4.69) is 4.98 Å². The first-order valence-electron chi connectivity index (χ1n) is 8.05. The van der Waals surface area contributed by atoms with Crippen molar-refractivity contribution >= 4 is 43.9 Å². The maximum atomic E-state index is 12.4. The summed E-state index contributed by atoms with van der Waals surface area (Å²) in [6, 6.07) is 12.4. The lowest BCUT2D eigenvalue weighted by molar-refractivity contribution is -0.383. The van der Waals surface area contributed by atoms with Crippen LogP contribution in [0.2, 0.25) is 0 Å². The van der Waals surface area contributed by atoms with E-state index in [9.17, 15) is 19.7 Å². The Morgan fingerprint density at radius 1 is 1.25 bits per heavy atom. The second-order valence-corrected chi connectivity index (χ2v) is 6.89. The van der Waals surface area contributed by atoms with E-state index in [-0.39, 0.29) is 34.8 Å². The van der Waals surface area contributed by atoms with Crippen LogP contribution in [0.4, 0.5) is 11.4 Å². The molecule has 0 atom stereocenters. The minimum atomic E-state index is -0.776. The van der Waals surface area contributed by atoms with Gasteiger partial charge in [-0.1, -0.05) is 23.5 Å². The standard InChI is InChI=1S/C18H12N4O5S/c19-12-6-5-10(7-14(12)22(25)26)17(24)27-9-11-8-16(23)21-13-3-1-2-4-15(13)28-18(21)20-11/h1-8H,9,19H2. The lowest BCUT2D eigenvalue weighted by Gasteiger charge is -2.05. The van der Waals surface area contributed by atoms with Crippen molar-refractivity contribution in [2.24, 2.45) is 0 Å². The van der Waals surface area contributed by atoms with Gasteiger partial charge in [-0.2, -0.15) is 0 Å². The molecular weight excluding hydrogens is 384 g/mol. The molecule has 4 aromatic rings. The number of nitrogen functional groups attached to an aromatic ring is 1. The van der Waals surface area contributed by atoms with Crippen LogP contribution in [-0.2, 0) is 11.3 Å². The second kappa shape index (κ2) is 6.74. The predicted molar refractivity (Wildman–Crippen MR) is 103 cm³/mol. The number of para-hydroxylation sites is 1. The van der Waals surface area contributed by atoms with Gasteiger partial charge in [-0.05, 0) is 24.3 Å². The van der Waals surface area contributed by atoms with Gasteiger partial charge in [0.05, 0.1) is 26.4 Å². The molecule has 0 aliphatic carbocycles. The highest BCUT2D eigenvalue weighted by molar-refractivity contribution is 7.23. The van der Waals surface area contributed by atoms with Gasteiger partial charge >= 0.3 is 5.97 Å². The number of carbonyl (C=O) groups excluding carboxylic acids is 1. The van der Waals surface area contributed by atoms with Gasteiger partial charge in [0, 0.05) is 12.1 Å². The molecule has 0 aliphatic rings. The number of hydrogen-bond donors (Lipinski definition) is 1. The SMILES string of the molecule is Nc1ccc(C(=O)OCc2cc(=O)n3c(n2)sc2ccccc23)cc1[N+](=O)[O-]. The fourth-order valence-electron chi connectivity index (χ4n) is 2.75. The Morgan fingerprint density at radius 2 is 2.04 bits per heavy atom. The Labute approximate surface area is 160 Å². The molecule has 0 bridgehead atoms. The number of esters is 1. The Morgan fingerprint density at radius 3 is 2.82 bits per heavy atom. The Bertz CT molecular complexity index is 1310. The summed E-state index contributed by atoms with van der Waals surface area (Å²) < 4.78 is 7.57. The van der Waals surface area contributed by atoms with E-state index >= 15 is 0 Å². The third kappa shape index (κ3) is 3.05. The number of thiazole rings is 1. The van der Waals surface area contributed by atoms with Crippen LogP contribution in [0.15, 0.2) is 53.3 Å². The van der Waals surface area contributed by atoms with E-state index in [1.807, 2.05) is 24.3 Å². The number of nitro benzene ring substituents is 1. The zero-order valence-corrected chi connectivity index (χ0v) is 15.0. The van der Waals surface area contributed by atoms with E-state index in [4.69, 9.17) is 10.5 Å². The molecule has 2 heterocycles. The minimum Gasteiger partial charge on any atom is -0.456 e. The molecule has 0 spiro atoms. The molecule has 28 heavy (non-hydrogen) atoms. The van der Waals surface area contributed by atoms with Crippen molar-refractivity contribution < 1.29 is 14.5 Å². The third-order valence-electron chi connectivity index (χ3n) is 4.06. The summed E-state index contributed by atoms with van der Waals surface area (Å²) in [7, 11) is 0. The van der Waals surface area contributed by atoms with Crippen LogP contribution in [0, 0.1) is 10.1 Å². The van der Waals surface area contributed by atoms with Gasteiger partial charge in [0.25, 0.3) is 11.2 Å². The van der Waals surface area contributed by atoms with Crippen LogP contribution < -0.4 is 11.3 Å². The van der Waals surface area contributed by atoms with E-state index in [1.165, 1.54) is 33.9 Å². The fraction of sp³-hybridized carbons (Fsp3) is 0.0556. The van der Waals surface area contributed by atoms with Gasteiger partial charge in [0.15, 0.2) is 4.96 Å². The van der Waals surface area contributed by atoms with Crippen molar-refractivity contribution in [2.45, 2.75) is 6.61 Å². The van der Waals surface area contributed by atoms with Crippen molar-refractivity contribution in [1.29, 1.82) is 0 Å². The molecule has 2 aromatic carbocycles. The largest absolute Gasteiger partial charge is 0.456 e. The van der Waals surface area contributed by atoms with Crippen LogP contribution in [0.25, 0.3) is 15.2 Å². The van der Waals surface area contributed by atoms with Gasteiger partial charge < -0.3 is 10.5 Å². The number of fused-ring (bicyclic) bond motifs is 3. The third-order valence-corrected chi connectivity index (χ3v) is 5.08. The van der Waals surface area contributed by atoms with E-state index in [0.29, 0.717) is 4.96 Å². The second-order valence-electron chi connectivity index (χ2n) is 5.88. The normalized spacial score (nSPS) is 11.0. The molecule has 0 fully saturated rings. The summed E-state index contributed by atoms with van der Waals surface area (Å²) in [6.07, 6.45) is 0. The van der Waals surface area contributed by atoms with Crippen molar-refractivity contribution in [2.75, 3.05) is 5.73 Å². The summed E-state index contributed by atoms with van der Waals surface area (Å²) >= 11 is 1.35. The molecule has 0 aliphatic heterocycles. The summed E-state index contributed by atoms with van der Waals surface area (Å²) in [4.78, 5) is 39.8. The molecule has 4 rings (SSSR count). The highest BCUT2D eigenvalue weighted by atomic mass is 32.1. The number of benzene rings is 2. The van der Waals surface area contributed by atoms with Gasteiger partial charge in [-0.25, -0.2) is 9.78 Å². The van der Waals surface area contributed by atoms with Crippen LogP contribution in [0.5, 0.6) is 0 Å². The van der Waals surface area contributed by atoms with Crippen molar-refractivity contribution in [1.82, 2.24) is 9.38 Å². The Balaban J connectivity index is 1.60. The highest BCUT2D eigenvalue weighted by Gasteiger charge is 2.17. The van der Waals surface area contributed by atoms with Crippen molar-refractivity contribution in [3.63, 3.8) is 0 Å². The maximum Gasteiger partial charge on any atom is 0.338 e. The molecular formula is C18H12N4O5S. The molecule has 10 heteroatoms.